The number of benzene rings is 1. The van der Waals surface area contributed by atoms with Crippen molar-refractivity contribution in [2.45, 2.75) is 25.5 Å². The van der Waals surface area contributed by atoms with Crippen molar-refractivity contribution < 1.29 is 9.47 Å². The molecule has 1 aliphatic rings. The van der Waals surface area contributed by atoms with Crippen LogP contribution in [-0.4, -0.2) is 18.6 Å². The highest BCUT2D eigenvalue weighted by atomic mass is 32.1. The summed E-state index contributed by atoms with van der Waals surface area (Å²) in [6, 6.07) is 6.25. The van der Waals surface area contributed by atoms with E-state index < -0.39 is 0 Å². The molecule has 0 saturated carbocycles. The molecule has 2 aromatic rings. The number of hydrogen-bond donors (Lipinski definition) is 1. The molecule has 2 heterocycles. The Bertz CT molecular complexity index is 571. The summed E-state index contributed by atoms with van der Waals surface area (Å²) in [4.78, 5) is 4.38. The Labute approximate surface area is 122 Å². The van der Waals surface area contributed by atoms with Crippen LogP contribution in [0.4, 0.5) is 0 Å². The number of fused-ring (bicyclic) bond motifs is 1. The minimum absolute atomic E-state index is 0.0277. The topological polar surface area (TPSA) is 43.4 Å². The highest BCUT2D eigenvalue weighted by molar-refractivity contribution is 7.09. The zero-order valence-electron chi connectivity index (χ0n) is 11.6. The third-order valence-corrected chi connectivity index (χ3v) is 4.36. The van der Waals surface area contributed by atoms with E-state index in [-0.39, 0.29) is 12.1 Å². The third-order valence-electron chi connectivity index (χ3n) is 3.49. The van der Waals surface area contributed by atoms with E-state index in [0.29, 0.717) is 0 Å². The maximum atomic E-state index is 6.10. The SMILES string of the molecule is CCNC1CC(c2nccs2)Oc2ccc(OC)cc21. The number of rotatable bonds is 4. The van der Waals surface area contributed by atoms with Gasteiger partial charge in [-0.05, 0) is 24.7 Å². The average Bonchev–Trinajstić information content (AvgIpc) is 3.01. The summed E-state index contributed by atoms with van der Waals surface area (Å²) >= 11 is 1.64. The molecule has 0 fully saturated rings. The predicted octanol–water partition coefficient (Wildman–Crippen LogP) is 3.33. The Balaban J connectivity index is 1.94. The molecule has 0 saturated heterocycles. The minimum atomic E-state index is 0.0277. The fourth-order valence-electron chi connectivity index (χ4n) is 2.56. The highest BCUT2D eigenvalue weighted by Crippen LogP contribution is 2.42. The summed E-state index contributed by atoms with van der Waals surface area (Å²) in [5.41, 5.74) is 1.17. The van der Waals surface area contributed by atoms with Gasteiger partial charge in [-0.15, -0.1) is 11.3 Å². The summed E-state index contributed by atoms with van der Waals surface area (Å²) in [6.07, 6.45) is 2.75. The van der Waals surface area contributed by atoms with Crippen molar-refractivity contribution in [2.24, 2.45) is 0 Å². The van der Waals surface area contributed by atoms with Crippen LogP contribution in [0.2, 0.25) is 0 Å². The van der Waals surface area contributed by atoms with E-state index in [4.69, 9.17) is 9.47 Å². The van der Waals surface area contributed by atoms with Crippen molar-refractivity contribution in [3.63, 3.8) is 0 Å². The lowest BCUT2D eigenvalue weighted by Crippen LogP contribution is -2.29. The monoisotopic (exact) mass is 290 g/mol. The van der Waals surface area contributed by atoms with Crippen LogP contribution in [0.3, 0.4) is 0 Å². The molecule has 1 aromatic heterocycles. The van der Waals surface area contributed by atoms with E-state index >= 15 is 0 Å². The third kappa shape index (κ3) is 2.51. The van der Waals surface area contributed by atoms with Crippen molar-refractivity contribution in [1.82, 2.24) is 10.3 Å². The molecule has 1 aromatic carbocycles. The number of hydrogen-bond acceptors (Lipinski definition) is 5. The maximum absolute atomic E-state index is 6.10. The van der Waals surface area contributed by atoms with E-state index in [1.165, 1.54) is 5.56 Å². The quantitative estimate of drug-likeness (QED) is 0.938. The standard InChI is InChI=1S/C15H18N2O2S/c1-3-16-12-9-14(15-17-6-7-20-15)19-13-5-4-10(18-2)8-11(12)13/h4-8,12,14,16H,3,9H2,1-2H3. The number of nitrogens with zero attached hydrogens (tertiary/aromatic N) is 1. The normalized spacial score (nSPS) is 21.1. The summed E-state index contributed by atoms with van der Waals surface area (Å²) < 4.78 is 11.4. The Kier molecular flexibility index (Phi) is 3.89. The van der Waals surface area contributed by atoms with E-state index in [9.17, 15) is 0 Å². The smallest absolute Gasteiger partial charge is 0.152 e. The fraction of sp³-hybridized carbons (Fsp3) is 0.400. The van der Waals surface area contributed by atoms with Crippen LogP contribution in [0, 0.1) is 0 Å². The molecule has 0 amide bonds. The lowest BCUT2D eigenvalue weighted by molar-refractivity contribution is 0.151. The molecule has 4 nitrogen and oxygen atoms in total. The van der Waals surface area contributed by atoms with Gasteiger partial charge in [-0.25, -0.2) is 4.98 Å². The zero-order chi connectivity index (χ0) is 13.9. The molecule has 3 rings (SSSR count). The van der Waals surface area contributed by atoms with Gasteiger partial charge in [0.2, 0.25) is 0 Å². The zero-order valence-corrected chi connectivity index (χ0v) is 12.4. The van der Waals surface area contributed by atoms with Gasteiger partial charge in [0.05, 0.1) is 7.11 Å². The molecule has 5 heteroatoms. The highest BCUT2D eigenvalue weighted by Gasteiger charge is 2.30. The molecule has 0 bridgehead atoms. The second-order valence-corrected chi connectivity index (χ2v) is 5.65. The van der Waals surface area contributed by atoms with Crippen LogP contribution >= 0.6 is 11.3 Å². The molecular weight excluding hydrogens is 272 g/mol. The van der Waals surface area contributed by atoms with Crippen LogP contribution in [0.5, 0.6) is 11.5 Å². The van der Waals surface area contributed by atoms with Gasteiger partial charge < -0.3 is 14.8 Å². The van der Waals surface area contributed by atoms with Gasteiger partial charge in [-0.2, -0.15) is 0 Å². The molecule has 2 unspecified atom stereocenters. The van der Waals surface area contributed by atoms with E-state index in [0.717, 1.165) is 29.5 Å². The van der Waals surface area contributed by atoms with Crippen molar-refractivity contribution in [2.75, 3.05) is 13.7 Å². The second kappa shape index (κ2) is 5.81. The average molecular weight is 290 g/mol. The van der Waals surface area contributed by atoms with E-state index in [1.54, 1.807) is 18.4 Å². The predicted molar refractivity (Wildman–Crippen MR) is 79.5 cm³/mol. The van der Waals surface area contributed by atoms with Crippen LogP contribution in [0.15, 0.2) is 29.8 Å². The van der Waals surface area contributed by atoms with Crippen molar-refractivity contribution >= 4 is 11.3 Å². The lowest BCUT2D eigenvalue weighted by Gasteiger charge is -2.32. The van der Waals surface area contributed by atoms with Gasteiger partial charge in [-0.1, -0.05) is 6.92 Å². The molecule has 106 valence electrons. The van der Waals surface area contributed by atoms with Gasteiger partial charge in [-0.3, -0.25) is 0 Å². The first-order valence-electron chi connectivity index (χ1n) is 6.79. The Morgan fingerprint density at radius 1 is 1.50 bits per heavy atom. The molecule has 20 heavy (non-hydrogen) atoms. The molecule has 1 aliphatic heterocycles. The Morgan fingerprint density at radius 3 is 3.10 bits per heavy atom. The maximum Gasteiger partial charge on any atom is 0.152 e. The summed E-state index contributed by atoms with van der Waals surface area (Å²) in [7, 11) is 1.69. The number of thiazole rings is 1. The van der Waals surface area contributed by atoms with Gasteiger partial charge in [0.15, 0.2) is 6.10 Å². The summed E-state index contributed by atoms with van der Waals surface area (Å²) in [6.45, 7) is 3.04. The van der Waals surface area contributed by atoms with Crippen molar-refractivity contribution in [3.8, 4) is 11.5 Å². The number of nitrogens with one attached hydrogen (secondary N) is 1. The van der Waals surface area contributed by atoms with Gasteiger partial charge in [0.1, 0.15) is 16.5 Å². The lowest BCUT2D eigenvalue weighted by atomic mass is 9.96. The molecule has 1 N–H and O–H groups in total. The molecule has 2 atom stereocenters. The van der Waals surface area contributed by atoms with Crippen LogP contribution in [0.25, 0.3) is 0 Å². The van der Waals surface area contributed by atoms with E-state index in [1.807, 2.05) is 23.7 Å². The van der Waals surface area contributed by atoms with Crippen LogP contribution in [-0.2, 0) is 0 Å². The van der Waals surface area contributed by atoms with Gasteiger partial charge in [0, 0.05) is 29.6 Å². The number of ether oxygens (including phenoxy) is 2. The summed E-state index contributed by atoms with van der Waals surface area (Å²) in [5, 5.41) is 6.55. The second-order valence-electron chi connectivity index (χ2n) is 4.73. The fourth-order valence-corrected chi connectivity index (χ4v) is 3.24. The number of methoxy groups -OCH3 is 1. The summed E-state index contributed by atoms with van der Waals surface area (Å²) in [5.74, 6) is 1.78. The first-order chi connectivity index (χ1) is 9.81. The van der Waals surface area contributed by atoms with E-state index in [2.05, 4.69) is 23.3 Å². The molecule has 0 aliphatic carbocycles. The largest absolute Gasteiger partial charge is 0.497 e. The first-order valence-corrected chi connectivity index (χ1v) is 7.67. The Morgan fingerprint density at radius 2 is 2.40 bits per heavy atom. The first kappa shape index (κ1) is 13.4. The molecule has 0 spiro atoms. The van der Waals surface area contributed by atoms with Crippen LogP contribution in [0.1, 0.15) is 36.1 Å². The Hall–Kier alpha value is -1.59. The molecular formula is C15H18N2O2S. The van der Waals surface area contributed by atoms with Crippen molar-refractivity contribution in [1.29, 1.82) is 0 Å². The minimum Gasteiger partial charge on any atom is -0.497 e. The molecule has 0 radical (unpaired) electrons. The van der Waals surface area contributed by atoms with Crippen LogP contribution < -0.4 is 14.8 Å². The number of aromatic nitrogens is 1. The van der Waals surface area contributed by atoms with Gasteiger partial charge in [0.25, 0.3) is 0 Å². The van der Waals surface area contributed by atoms with Crippen molar-refractivity contribution in [3.05, 3.63) is 40.3 Å². The van der Waals surface area contributed by atoms with Gasteiger partial charge >= 0.3 is 0 Å².